The van der Waals surface area contributed by atoms with Crippen molar-refractivity contribution in [2.75, 3.05) is 12.1 Å². The fourth-order valence-corrected chi connectivity index (χ4v) is 4.44. The summed E-state index contributed by atoms with van der Waals surface area (Å²) in [7, 11) is 1.79. The van der Waals surface area contributed by atoms with Gasteiger partial charge in [0, 0.05) is 19.2 Å². The Morgan fingerprint density at radius 2 is 1.82 bits per heavy atom. The predicted molar refractivity (Wildman–Crippen MR) is 144 cm³/mol. The van der Waals surface area contributed by atoms with Gasteiger partial charge in [0.2, 0.25) is 6.79 Å². The molecule has 2 N–H and O–H groups in total. The van der Waals surface area contributed by atoms with E-state index in [1.165, 1.54) is 0 Å². The average molecular weight is 515 g/mol. The van der Waals surface area contributed by atoms with Crippen LogP contribution in [0.2, 0.25) is 0 Å². The first-order valence-electron chi connectivity index (χ1n) is 12.6. The summed E-state index contributed by atoms with van der Waals surface area (Å²) < 4.78 is 18.7. The summed E-state index contributed by atoms with van der Waals surface area (Å²) >= 11 is 0. The first-order chi connectivity index (χ1) is 18.4. The Bertz CT molecular complexity index is 1510. The van der Waals surface area contributed by atoms with Crippen molar-refractivity contribution >= 4 is 28.5 Å². The molecule has 0 aliphatic carbocycles. The molecule has 2 aromatic carbocycles. The summed E-state index contributed by atoms with van der Waals surface area (Å²) in [6.45, 7) is 6.26. The largest absolute Gasteiger partial charge is 0.488 e. The normalized spacial score (nSPS) is 12.1. The van der Waals surface area contributed by atoms with Crippen molar-refractivity contribution in [3.05, 3.63) is 77.1 Å². The number of nitrogens with zero attached hydrogens (tertiary/aromatic N) is 2. The van der Waals surface area contributed by atoms with Gasteiger partial charge in [0.15, 0.2) is 22.9 Å². The molecule has 1 aliphatic heterocycles. The quantitative estimate of drug-likeness (QED) is 0.349. The van der Waals surface area contributed by atoms with Gasteiger partial charge in [0.05, 0.1) is 22.9 Å². The highest BCUT2D eigenvalue weighted by atomic mass is 16.7. The molecule has 0 atom stereocenters. The number of fused-ring (bicyclic) bond motifs is 2. The van der Waals surface area contributed by atoms with Gasteiger partial charge in [-0.25, -0.2) is 4.98 Å². The fraction of sp³-hybridized carbons (Fsp3) is 0.276. The lowest BCUT2D eigenvalue weighted by atomic mass is 10.1. The van der Waals surface area contributed by atoms with Gasteiger partial charge in [-0.05, 0) is 56.2 Å². The number of benzene rings is 2. The van der Waals surface area contributed by atoms with E-state index < -0.39 is 0 Å². The van der Waals surface area contributed by atoms with Crippen LogP contribution in [0.5, 0.6) is 17.2 Å². The number of nitrogens with one attached hydrogen (secondary N) is 2. The lowest BCUT2D eigenvalue weighted by molar-refractivity contribution is 0.0936. The molecule has 0 saturated carbocycles. The third kappa shape index (κ3) is 4.87. The molecule has 0 bridgehead atoms. The second-order valence-electron chi connectivity index (χ2n) is 9.30. The molecule has 5 rings (SSSR count). The molecular weight excluding hydrogens is 484 g/mol. The first-order valence-corrected chi connectivity index (χ1v) is 12.6. The molecule has 3 heterocycles. The maximum absolute atomic E-state index is 13.5. The molecule has 4 aromatic rings. The van der Waals surface area contributed by atoms with Crippen LogP contribution in [0.15, 0.2) is 54.6 Å². The number of anilines is 1. The number of carbonyl (C=O) groups excluding carboxylic acids is 2. The van der Waals surface area contributed by atoms with E-state index >= 15 is 0 Å². The molecular formula is C29H30N4O5. The summed E-state index contributed by atoms with van der Waals surface area (Å²) in [5.74, 6) is 1.24. The van der Waals surface area contributed by atoms with Crippen LogP contribution in [0.1, 0.15) is 52.9 Å². The van der Waals surface area contributed by atoms with E-state index in [9.17, 15) is 9.59 Å². The molecule has 2 aromatic heterocycles. The van der Waals surface area contributed by atoms with Crippen LogP contribution >= 0.6 is 0 Å². The van der Waals surface area contributed by atoms with Gasteiger partial charge in [-0.15, -0.1) is 0 Å². The second kappa shape index (κ2) is 10.5. The zero-order valence-corrected chi connectivity index (χ0v) is 21.8. The molecule has 1 aliphatic rings. The summed E-state index contributed by atoms with van der Waals surface area (Å²) in [5.41, 5.74) is 3.68. The van der Waals surface area contributed by atoms with Crippen LogP contribution in [0.25, 0.3) is 11.0 Å². The topological polar surface area (TPSA) is 104 Å². The highest BCUT2D eigenvalue weighted by Gasteiger charge is 2.26. The minimum absolute atomic E-state index is 0.186. The van der Waals surface area contributed by atoms with Gasteiger partial charge in [0.25, 0.3) is 11.8 Å². The number of aromatic nitrogens is 2. The predicted octanol–water partition coefficient (Wildman–Crippen LogP) is 4.83. The van der Waals surface area contributed by atoms with Crippen LogP contribution in [-0.4, -0.2) is 34.3 Å². The first kappa shape index (κ1) is 25.1. The Morgan fingerprint density at radius 3 is 2.55 bits per heavy atom. The molecule has 196 valence electrons. The number of hydrogen-bond donors (Lipinski definition) is 2. The highest BCUT2D eigenvalue weighted by Crippen LogP contribution is 2.36. The van der Waals surface area contributed by atoms with E-state index in [1.54, 1.807) is 23.7 Å². The van der Waals surface area contributed by atoms with Crippen molar-refractivity contribution < 1.29 is 23.8 Å². The van der Waals surface area contributed by atoms with Crippen molar-refractivity contribution in [1.29, 1.82) is 0 Å². The van der Waals surface area contributed by atoms with Gasteiger partial charge >= 0.3 is 0 Å². The summed E-state index contributed by atoms with van der Waals surface area (Å²) in [5, 5.41) is 6.62. The third-order valence-corrected chi connectivity index (χ3v) is 6.27. The van der Waals surface area contributed by atoms with E-state index in [1.807, 2.05) is 63.2 Å². The monoisotopic (exact) mass is 514 g/mol. The number of rotatable bonds is 8. The SMILES string of the molecule is CCc1nc2c(cc1NC(=O)c1ccccc1)c(OC(C)C)c(C(=O)NCc1ccc3c(c1)OCO3)n2C. The maximum Gasteiger partial charge on any atom is 0.272 e. The number of hydrogen-bond acceptors (Lipinski definition) is 6. The van der Waals surface area contributed by atoms with Gasteiger partial charge < -0.3 is 29.4 Å². The van der Waals surface area contributed by atoms with E-state index in [0.717, 1.165) is 5.56 Å². The maximum atomic E-state index is 13.5. The van der Waals surface area contributed by atoms with Crippen molar-refractivity contribution in [3.63, 3.8) is 0 Å². The zero-order chi connectivity index (χ0) is 26.8. The van der Waals surface area contributed by atoms with Crippen LogP contribution in [0.3, 0.4) is 0 Å². The number of aryl methyl sites for hydroxylation is 2. The van der Waals surface area contributed by atoms with Crippen molar-refractivity contribution in [3.8, 4) is 17.2 Å². The number of pyridine rings is 1. The molecule has 0 radical (unpaired) electrons. The van der Waals surface area contributed by atoms with Gasteiger partial charge in [-0.2, -0.15) is 0 Å². The highest BCUT2D eigenvalue weighted by molar-refractivity contribution is 6.07. The molecule has 38 heavy (non-hydrogen) atoms. The summed E-state index contributed by atoms with van der Waals surface area (Å²) in [6, 6.07) is 16.4. The number of ether oxygens (including phenoxy) is 3. The van der Waals surface area contributed by atoms with Gasteiger partial charge in [-0.1, -0.05) is 31.2 Å². The van der Waals surface area contributed by atoms with Crippen LogP contribution in [0.4, 0.5) is 5.69 Å². The molecule has 0 spiro atoms. The average Bonchev–Trinajstić information content (AvgIpc) is 3.49. The lowest BCUT2D eigenvalue weighted by Crippen LogP contribution is -2.26. The van der Waals surface area contributed by atoms with Crippen molar-refractivity contribution in [2.24, 2.45) is 7.05 Å². The molecule has 0 unspecified atom stereocenters. The standard InChI is InChI=1S/C29H30N4O5/c1-5-21-22(32-28(34)19-9-7-6-8-10-19)14-20-26(38-17(2)3)25(33(4)27(20)31-21)29(35)30-15-18-11-12-23-24(13-18)37-16-36-23/h6-14,17H,5,15-16H2,1-4H3,(H,30,35)(H,32,34). The zero-order valence-electron chi connectivity index (χ0n) is 21.8. The van der Waals surface area contributed by atoms with Gasteiger partial charge in [0.1, 0.15) is 5.65 Å². The number of amides is 2. The summed E-state index contributed by atoms with van der Waals surface area (Å²) in [6.07, 6.45) is 0.409. The Labute approximate surface area is 220 Å². The minimum Gasteiger partial charge on any atom is -0.488 e. The minimum atomic E-state index is -0.299. The second-order valence-corrected chi connectivity index (χ2v) is 9.30. The summed E-state index contributed by atoms with van der Waals surface area (Å²) in [4.78, 5) is 31.2. The lowest BCUT2D eigenvalue weighted by Gasteiger charge is -2.13. The van der Waals surface area contributed by atoms with E-state index in [4.69, 9.17) is 19.2 Å². The van der Waals surface area contributed by atoms with Crippen LogP contribution < -0.4 is 24.8 Å². The smallest absolute Gasteiger partial charge is 0.272 e. The van der Waals surface area contributed by atoms with E-state index in [-0.39, 0.29) is 24.7 Å². The van der Waals surface area contributed by atoms with E-state index in [0.29, 0.717) is 63.9 Å². The molecule has 2 amide bonds. The van der Waals surface area contributed by atoms with Crippen molar-refractivity contribution in [2.45, 2.75) is 39.8 Å². The van der Waals surface area contributed by atoms with Gasteiger partial charge in [-0.3, -0.25) is 9.59 Å². The Kier molecular flexibility index (Phi) is 6.91. The third-order valence-electron chi connectivity index (χ3n) is 6.27. The Morgan fingerprint density at radius 1 is 1.05 bits per heavy atom. The fourth-order valence-electron chi connectivity index (χ4n) is 4.44. The van der Waals surface area contributed by atoms with Crippen molar-refractivity contribution in [1.82, 2.24) is 14.9 Å². The van der Waals surface area contributed by atoms with Crippen LogP contribution in [-0.2, 0) is 20.0 Å². The molecule has 0 saturated heterocycles. The number of carbonyl (C=O) groups is 2. The molecule has 9 heteroatoms. The van der Waals surface area contributed by atoms with E-state index in [2.05, 4.69) is 10.6 Å². The molecule has 0 fully saturated rings. The Hall–Kier alpha value is -4.53. The molecule has 9 nitrogen and oxygen atoms in total. The Balaban J connectivity index is 1.49. The van der Waals surface area contributed by atoms with Crippen LogP contribution in [0, 0.1) is 0 Å².